The Morgan fingerprint density at radius 2 is 1.46 bits per heavy atom. The first kappa shape index (κ1) is 16.6. The summed E-state index contributed by atoms with van der Waals surface area (Å²) < 4.78 is 1.26. The number of thiophene rings is 2. The molecule has 0 saturated carbocycles. The molecule has 1 nitrogen and oxygen atoms in total. The van der Waals surface area contributed by atoms with E-state index in [2.05, 4.69) is 56.9 Å². The number of rotatable bonds is 3. The predicted octanol–water partition coefficient (Wildman–Crippen LogP) is 5.88. The number of hydrogen-bond donors (Lipinski definition) is 0. The van der Waals surface area contributed by atoms with Crippen LogP contribution in [0, 0.1) is 19.8 Å². The van der Waals surface area contributed by atoms with E-state index in [0.717, 1.165) is 18.0 Å². The lowest BCUT2D eigenvalue weighted by Gasteiger charge is -2.43. The van der Waals surface area contributed by atoms with E-state index in [1.54, 1.807) is 0 Å². The van der Waals surface area contributed by atoms with Crippen LogP contribution in [-0.4, -0.2) is 30.7 Å². The van der Waals surface area contributed by atoms with Gasteiger partial charge in [-0.25, -0.2) is 0 Å². The fourth-order valence-corrected chi connectivity index (χ4v) is 6.83. The molecule has 128 valence electrons. The third-order valence-electron chi connectivity index (χ3n) is 6.48. The van der Waals surface area contributed by atoms with Gasteiger partial charge in [-0.05, 0) is 53.8 Å². The summed E-state index contributed by atoms with van der Waals surface area (Å²) in [6.45, 7) is 4.51. The van der Waals surface area contributed by atoms with Gasteiger partial charge in [-0.1, -0.05) is 6.08 Å². The molecule has 24 heavy (non-hydrogen) atoms. The van der Waals surface area contributed by atoms with Crippen LogP contribution in [0.1, 0.15) is 46.6 Å². The van der Waals surface area contributed by atoms with E-state index in [0.29, 0.717) is 0 Å². The second-order valence-electron chi connectivity index (χ2n) is 8.19. The third-order valence-corrected chi connectivity index (χ3v) is 8.58. The minimum absolute atomic E-state index is 0.742. The summed E-state index contributed by atoms with van der Waals surface area (Å²) in [6.07, 6.45) is 8.21. The maximum Gasteiger partial charge on any atom is 0.0896 e. The molecule has 2 aromatic rings. The molecule has 0 aromatic carbocycles. The fraction of sp³-hybridized carbons (Fsp3) is 0.524. The minimum Gasteiger partial charge on any atom is -0.324 e. The number of hydrogen-bond acceptors (Lipinski definition) is 2. The Morgan fingerprint density at radius 1 is 0.958 bits per heavy atom. The van der Waals surface area contributed by atoms with Crippen LogP contribution in [-0.2, 0) is 0 Å². The van der Waals surface area contributed by atoms with Crippen molar-refractivity contribution in [3.63, 3.8) is 0 Å². The van der Waals surface area contributed by atoms with Gasteiger partial charge in [-0.2, -0.15) is 0 Å². The van der Waals surface area contributed by atoms with Crippen LogP contribution in [0.15, 0.2) is 29.0 Å². The first-order valence-corrected chi connectivity index (χ1v) is 10.9. The number of quaternary nitrogens is 1. The number of allylic oxidation sites excluding steroid dienone is 1. The Labute approximate surface area is 154 Å². The van der Waals surface area contributed by atoms with Gasteiger partial charge in [0.2, 0.25) is 0 Å². The molecule has 0 spiro atoms. The van der Waals surface area contributed by atoms with Crippen LogP contribution in [0.2, 0.25) is 0 Å². The highest BCUT2D eigenvalue weighted by atomic mass is 32.1. The number of aryl methyl sites for hydroxylation is 2. The van der Waals surface area contributed by atoms with Gasteiger partial charge in [0.1, 0.15) is 0 Å². The highest BCUT2D eigenvalue weighted by Gasteiger charge is 2.48. The molecule has 2 atom stereocenters. The normalized spacial score (nSPS) is 28.1. The van der Waals surface area contributed by atoms with Gasteiger partial charge in [0.05, 0.1) is 26.2 Å². The van der Waals surface area contributed by atoms with Crippen molar-refractivity contribution in [2.45, 2.75) is 51.6 Å². The van der Waals surface area contributed by atoms with Crippen LogP contribution < -0.4 is 0 Å². The lowest BCUT2D eigenvalue weighted by Crippen LogP contribution is -2.54. The molecular formula is C21H28NS2+. The average Bonchev–Trinajstić information content (AvgIpc) is 3.15. The molecule has 0 unspecified atom stereocenters. The quantitative estimate of drug-likeness (QED) is 0.601. The summed E-state index contributed by atoms with van der Waals surface area (Å²) in [5.41, 5.74) is 4.36. The van der Waals surface area contributed by atoms with Crippen molar-refractivity contribution in [2.75, 3.05) is 14.1 Å². The molecular weight excluding hydrogens is 330 g/mol. The van der Waals surface area contributed by atoms with Gasteiger partial charge in [0, 0.05) is 41.0 Å². The summed E-state index contributed by atoms with van der Waals surface area (Å²) in [5, 5.41) is 4.48. The monoisotopic (exact) mass is 358 g/mol. The molecule has 2 bridgehead atoms. The molecule has 0 amide bonds. The van der Waals surface area contributed by atoms with E-state index in [1.807, 2.05) is 22.7 Å². The van der Waals surface area contributed by atoms with E-state index < -0.39 is 0 Å². The van der Waals surface area contributed by atoms with E-state index in [9.17, 15) is 0 Å². The van der Waals surface area contributed by atoms with Crippen LogP contribution in [0.3, 0.4) is 0 Å². The third kappa shape index (κ3) is 2.71. The van der Waals surface area contributed by atoms with Gasteiger partial charge >= 0.3 is 0 Å². The van der Waals surface area contributed by atoms with E-state index in [-0.39, 0.29) is 0 Å². The maximum atomic E-state index is 2.64. The second-order valence-corrected chi connectivity index (χ2v) is 10.0. The number of fused-ring (bicyclic) bond motifs is 2. The van der Waals surface area contributed by atoms with Gasteiger partial charge in [-0.15, -0.1) is 22.7 Å². The Morgan fingerprint density at radius 3 is 1.88 bits per heavy atom. The summed E-state index contributed by atoms with van der Waals surface area (Å²) >= 11 is 3.81. The smallest absolute Gasteiger partial charge is 0.0896 e. The fourth-order valence-electron chi connectivity index (χ4n) is 4.85. The molecule has 2 fully saturated rings. The Kier molecular flexibility index (Phi) is 4.22. The van der Waals surface area contributed by atoms with Crippen LogP contribution >= 0.6 is 22.7 Å². The van der Waals surface area contributed by atoms with Crippen molar-refractivity contribution in [3.05, 3.63) is 49.9 Å². The lowest BCUT2D eigenvalue weighted by atomic mass is 9.87. The molecule has 3 heteroatoms. The van der Waals surface area contributed by atoms with Gasteiger partial charge in [-0.3, -0.25) is 0 Å². The largest absolute Gasteiger partial charge is 0.324 e. The molecule has 0 aliphatic carbocycles. The van der Waals surface area contributed by atoms with Crippen molar-refractivity contribution >= 4 is 28.2 Å². The van der Waals surface area contributed by atoms with Gasteiger partial charge in [0.15, 0.2) is 0 Å². The standard InChI is InChI=1S/C21H28NS2/c1-14-7-9-23-20(14)19(21-15(2)8-10-24-21)13-16-11-17-5-6-18(12-16)22(17,3)4/h7-10,13,16-18H,5-6,11-12H2,1-4H3/q+1/t17-,18-/m0/s1. The molecule has 2 saturated heterocycles. The molecule has 4 rings (SSSR count). The van der Waals surface area contributed by atoms with Crippen molar-refractivity contribution in [1.29, 1.82) is 0 Å². The minimum atomic E-state index is 0.742. The Balaban J connectivity index is 1.71. The summed E-state index contributed by atoms with van der Waals surface area (Å²) in [7, 11) is 4.91. The highest BCUT2D eigenvalue weighted by Crippen LogP contribution is 2.45. The lowest BCUT2D eigenvalue weighted by molar-refractivity contribution is -0.931. The van der Waals surface area contributed by atoms with Crippen molar-refractivity contribution in [1.82, 2.24) is 0 Å². The highest BCUT2D eigenvalue weighted by molar-refractivity contribution is 7.14. The predicted molar refractivity (Wildman–Crippen MR) is 107 cm³/mol. The second kappa shape index (κ2) is 6.12. The molecule has 2 aliphatic heterocycles. The average molecular weight is 359 g/mol. The molecule has 4 heterocycles. The van der Waals surface area contributed by atoms with E-state index in [4.69, 9.17) is 0 Å². The Bertz CT molecular complexity index is 706. The van der Waals surface area contributed by atoms with Crippen molar-refractivity contribution < 1.29 is 4.48 Å². The summed E-state index contributed by atoms with van der Waals surface area (Å²) in [5.74, 6) is 0.742. The topological polar surface area (TPSA) is 0 Å². The van der Waals surface area contributed by atoms with Crippen molar-refractivity contribution in [2.24, 2.45) is 5.92 Å². The maximum absolute atomic E-state index is 2.64. The number of nitrogens with zero attached hydrogens (tertiary/aromatic N) is 1. The first-order valence-electron chi connectivity index (χ1n) is 9.11. The summed E-state index contributed by atoms with van der Waals surface area (Å²) in [6, 6.07) is 6.25. The zero-order valence-corrected chi connectivity index (χ0v) is 16.8. The molecule has 0 radical (unpaired) electrons. The number of piperidine rings is 1. The van der Waals surface area contributed by atoms with Crippen molar-refractivity contribution in [3.8, 4) is 0 Å². The Hall–Kier alpha value is -0.900. The SMILES string of the molecule is Cc1ccsc1C(=CC1C[C@@H]2CC[C@@H](C1)[N+]2(C)C)c1sccc1C. The van der Waals surface area contributed by atoms with E-state index in [1.165, 1.54) is 56.6 Å². The molecule has 0 N–H and O–H groups in total. The summed E-state index contributed by atoms with van der Waals surface area (Å²) in [4.78, 5) is 2.96. The molecule has 2 aromatic heterocycles. The van der Waals surface area contributed by atoms with E-state index >= 15 is 0 Å². The zero-order chi connectivity index (χ0) is 16.9. The zero-order valence-electron chi connectivity index (χ0n) is 15.2. The van der Waals surface area contributed by atoms with Crippen LogP contribution in [0.4, 0.5) is 0 Å². The molecule has 2 aliphatic rings. The van der Waals surface area contributed by atoms with Gasteiger partial charge < -0.3 is 4.48 Å². The van der Waals surface area contributed by atoms with Gasteiger partial charge in [0.25, 0.3) is 0 Å². The van der Waals surface area contributed by atoms with Crippen LogP contribution in [0.25, 0.3) is 5.57 Å². The first-order chi connectivity index (χ1) is 11.5. The van der Waals surface area contributed by atoms with Crippen LogP contribution in [0.5, 0.6) is 0 Å².